The van der Waals surface area contributed by atoms with Crippen molar-refractivity contribution in [3.63, 3.8) is 0 Å². The van der Waals surface area contributed by atoms with E-state index in [2.05, 4.69) is 20.8 Å². The minimum atomic E-state index is -0.322. The van der Waals surface area contributed by atoms with Gasteiger partial charge >= 0.3 is 6.03 Å². The Morgan fingerprint density at radius 2 is 1.85 bits per heavy atom. The molecule has 0 bridgehead atoms. The maximum Gasteiger partial charge on any atom is 0.319 e. The zero-order valence-electron chi connectivity index (χ0n) is 14.9. The van der Waals surface area contributed by atoms with Gasteiger partial charge in [-0.3, -0.25) is 0 Å². The van der Waals surface area contributed by atoms with Crippen molar-refractivity contribution in [3.05, 3.63) is 66.7 Å². The van der Waals surface area contributed by atoms with Crippen LogP contribution in [0, 0.1) is 0 Å². The van der Waals surface area contributed by atoms with E-state index in [0.29, 0.717) is 23.9 Å². The van der Waals surface area contributed by atoms with Crippen LogP contribution in [0.25, 0.3) is 11.3 Å². The number of methoxy groups -OCH3 is 1. The van der Waals surface area contributed by atoms with Crippen LogP contribution in [-0.4, -0.2) is 36.5 Å². The third-order valence-electron chi connectivity index (χ3n) is 3.67. The zero-order chi connectivity index (χ0) is 18.9. The highest BCUT2D eigenvalue weighted by Crippen LogP contribution is 2.17. The highest BCUT2D eigenvalue weighted by atomic mass is 16.5. The molecule has 2 N–H and O–H groups in total. The van der Waals surface area contributed by atoms with Crippen molar-refractivity contribution in [2.24, 2.45) is 0 Å². The van der Waals surface area contributed by atoms with Gasteiger partial charge in [-0.05, 0) is 18.2 Å². The van der Waals surface area contributed by atoms with E-state index in [-0.39, 0.29) is 12.6 Å². The first-order valence-corrected chi connectivity index (χ1v) is 8.45. The van der Waals surface area contributed by atoms with Crippen molar-refractivity contribution in [1.82, 2.24) is 15.5 Å². The van der Waals surface area contributed by atoms with Gasteiger partial charge in [0, 0.05) is 23.4 Å². The van der Waals surface area contributed by atoms with Crippen LogP contribution in [0.2, 0.25) is 0 Å². The lowest BCUT2D eigenvalue weighted by molar-refractivity contribution is 0.246. The highest BCUT2D eigenvalue weighted by molar-refractivity contribution is 5.89. The molecule has 0 unspecified atom stereocenters. The van der Waals surface area contributed by atoms with Crippen LogP contribution in [0.4, 0.5) is 10.5 Å². The van der Waals surface area contributed by atoms with Gasteiger partial charge in [-0.15, -0.1) is 10.2 Å². The summed E-state index contributed by atoms with van der Waals surface area (Å²) in [5.74, 6) is 1.08. The van der Waals surface area contributed by atoms with Gasteiger partial charge in [0.15, 0.2) is 0 Å². The number of hydrogen-bond donors (Lipinski definition) is 2. The summed E-state index contributed by atoms with van der Waals surface area (Å²) in [6.45, 7) is 0.614. The number of aromatic nitrogens is 2. The van der Waals surface area contributed by atoms with Crippen LogP contribution in [0.3, 0.4) is 0 Å². The molecule has 7 heteroatoms. The molecule has 138 valence electrons. The second-order valence-corrected chi connectivity index (χ2v) is 5.58. The Balaban J connectivity index is 1.41. The van der Waals surface area contributed by atoms with E-state index in [1.807, 2.05) is 36.4 Å². The summed E-state index contributed by atoms with van der Waals surface area (Å²) in [6.07, 6.45) is 0. The second-order valence-electron chi connectivity index (χ2n) is 5.58. The lowest BCUT2D eigenvalue weighted by atomic mass is 10.1. The van der Waals surface area contributed by atoms with Gasteiger partial charge in [0.05, 0.1) is 19.3 Å². The summed E-state index contributed by atoms with van der Waals surface area (Å²) >= 11 is 0. The molecule has 27 heavy (non-hydrogen) atoms. The van der Waals surface area contributed by atoms with Gasteiger partial charge in [-0.2, -0.15) is 0 Å². The third-order valence-corrected chi connectivity index (χ3v) is 3.67. The molecule has 0 aliphatic carbocycles. The standard InChI is InChI=1S/C20H20N4O3/c1-26-17-9-5-8-16(14-17)22-20(25)21-12-13-27-19-11-10-18(23-24-19)15-6-3-2-4-7-15/h2-11,14H,12-13H2,1H3,(H2,21,22,25). The third kappa shape index (κ3) is 5.43. The monoisotopic (exact) mass is 364 g/mol. The summed E-state index contributed by atoms with van der Waals surface area (Å²) in [7, 11) is 1.58. The largest absolute Gasteiger partial charge is 0.497 e. The first-order chi connectivity index (χ1) is 13.2. The van der Waals surface area contributed by atoms with Crippen LogP contribution >= 0.6 is 0 Å². The molecular formula is C20H20N4O3. The van der Waals surface area contributed by atoms with Crippen LogP contribution in [0.5, 0.6) is 11.6 Å². The van der Waals surface area contributed by atoms with Gasteiger partial charge in [0.1, 0.15) is 12.4 Å². The number of rotatable bonds is 7. The van der Waals surface area contributed by atoms with Crippen LogP contribution < -0.4 is 20.1 Å². The molecule has 0 saturated heterocycles. The number of anilines is 1. The van der Waals surface area contributed by atoms with Crippen molar-refractivity contribution < 1.29 is 14.3 Å². The normalized spacial score (nSPS) is 10.1. The summed E-state index contributed by atoms with van der Waals surface area (Å²) in [4.78, 5) is 11.9. The topological polar surface area (TPSA) is 85.4 Å². The summed E-state index contributed by atoms with van der Waals surface area (Å²) < 4.78 is 10.6. The van der Waals surface area contributed by atoms with E-state index >= 15 is 0 Å². The maximum atomic E-state index is 11.9. The molecule has 3 rings (SSSR count). The number of carbonyl (C=O) groups is 1. The van der Waals surface area contributed by atoms with Crippen molar-refractivity contribution in [2.75, 3.05) is 25.6 Å². The molecule has 2 amide bonds. The lowest BCUT2D eigenvalue weighted by Gasteiger charge is -2.09. The van der Waals surface area contributed by atoms with Crippen molar-refractivity contribution in [2.45, 2.75) is 0 Å². The molecule has 0 fully saturated rings. The molecular weight excluding hydrogens is 344 g/mol. The fourth-order valence-corrected chi connectivity index (χ4v) is 2.36. The van der Waals surface area contributed by atoms with E-state index in [9.17, 15) is 4.79 Å². The van der Waals surface area contributed by atoms with Crippen molar-refractivity contribution in [1.29, 1.82) is 0 Å². The first kappa shape index (κ1) is 18.2. The van der Waals surface area contributed by atoms with Gasteiger partial charge in [0.2, 0.25) is 5.88 Å². The number of hydrogen-bond acceptors (Lipinski definition) is 5. The lowest BCUT2D eigenvalue weighted by Crippen LogP contribution is -2.32. The number of ether oxygens (including phenoxy) is 2. The van der Waals surface area contributed by atoms with Crippen molar-refractivity contribution in [3.8, 4) is 22.9 Å². The average molecular weight is 364 g/mol. The summed E-state index contributed by atoms with van der Waals surface area (Å²) in [5.41, 5.74) is 2.42. The number of amides is 2. The van der Waals surface area contributed by atoms with Crippen LogP contribution in [0.1, 0.15) is 0 Å². The number of urea groups is 1. The molecule has 1 aromatic heterocycles. The molecule has 1 heterocycles. The Morgan fingerprint density at radius 3 is 2.59 bits per heavy atom. The average Bonchev–Trinajstić information content (AvgIpc) is 2.72. The molecule has 0 spiro atoms. The molecule has 0 radical (unpaired) electrons. The summed E-state index contributed by atoms with van der Waals surface area (Å²) in [6, 6.07) is 20.2. The Hall–Kier alpha value is -3.61. The van der Waals surface area contributed by atoms with Gasteiger partial charge in [0.25, 0.3) is 0 Å². The van der Waals surface area contributed by atoms with E-state index in [0.717, 1.165) is 11.3 Å². The molecule has 0 saturated carbocycles. The minimum absolute atomic E-state index is 0.283. The van der Waals surface area contributed by atoms with E-state index in [1.165, 1.54) is 0 Å². The SMILES string of the molecule is COc1cccc(NC(=O)NCCOc2ccc(-c3ccccc3)nn2)c1. The predicted octanol–water partition coefficient (Wildman–Crippen LogP) is 3.35. The highest BCUT2D eigenvalue weighted by Gasteiger charge is 2.04. The number of carbonyl (C=O) groups excluding carboxylic acids is 1. The Labute approximate surface area is 157 Å². The van der Waals surface area contributed by atoms with E-state index < -0.39 is 0 Å². The van der Waals surface area contributed by atoms with Gasteiger partial charge < -0.3 is 20.1 Å². The predicted molar refractivity (Wildman–Crippen MR) is 103 cm³/mol. The Bertz CT molecular complexity index is 870. The maximum absolute atomic E-state index is 11.9. The molecule has 0 atom stereocenters. The van der Waals surface area contributed by atoms with Crippen LogP contribution in [-0.2, 0) is 0 Å². The van der Waals surface area contributed by atoms with E-state index in [1.54, 1.807) is 37.4 Å². The molecule has 2 aromatic carbocycles. The van der Waals surface area contributed by atoms with Gasteiger partial charge in [-0.1, -0.05) is 36.4 Å². The number of benzene rings is 2. The minimum Gasteiger partial charge on any atom is -0.497 e. The zero-order valence-corrected chi connectivity index (χ0v) is 14.9. The summed E-state index contributed by atoms with van der Waals surface area (Å²) in [5, 5.41) is 13.6. The van der Waals surface area contributed by atoms with Gasteiger partial charge in [-0.25, -0.2) is 4.79 Å². The molecule has 0 aliphatic heterocycles. The Morgan fingerprint density at radius 1 is 1.00 bits per heavy atom. The fraction of sp³-hybridized carbons (Fsp3) is 0.150. The van der Waals surface area contributed by atoms with E-state index in [4.69, 9.17) is 9.47 Å². The molecule has 3 aromatic rings. The first-order valence-electron chi connectivity index (χ1n) is 8.45. The molecule has 7 nitrogen and oxygen atoms in total. The smallest absolute Gasteiger partial charge is 0.319 e. The Kier molecular flexibility index (Phi) is 6.19. The fourth-order valence-electron chi connectivity index (χ4n) is 2.36. The quantitative estimate of drug-likeness (QED) is 0.628. The second kappa shape index (κ2) is 9.19. The van der Waals surface area contributed by atoms with Crippen LogP contribution in [0.15, 0.2) is 66.7 Å². The number of nitrogens with one attached hydrogen (secondary N) is 2. The molecule has 0 aliphatic rings. The number of nitrogens with zero attached hydrogens (tertiary/aromatic N) is 2. The van der Waals surface area contributed by atoms with Crippen molar-refractivity contribution >= 4 is 11.7 Å².